The Bertz CT molecular complexity index is 428. The molecule has 15 heavy (non-hydrogen) atoms. The second-order valence-electron chi connectivity index (χ2n) is 2.48. The molecule has 0 aliphatic heterocycles. The molecule has 78 valence electrons. The van der Waals surface area contributed by atoms with E-state index in [1.165, 1.54) is 0 Å². The third-order valence-corrected chi connectivity index (χ3v) is 2.30. The maximum atomic E-state index is 12.8. The fraction of sp³-hybridized carbons (Fsp3) is 0.143. The van der Waals surface area contributed by atoms with Crippen molar-refractivity contribution in [1.82, 2.24) is 0 Å². The van der Waals surface area contributed by atoms with Crippen LogP contribution >= 0.6 is 0 Å². The van der Waals surface area contributed by atoms with E-state index >= 15 is 0 Å². The largest absolute Gasteiger partial charge is 1.00 e. The minimum atomic E-state index is -5.18. The average molecular weight is 246 g/mol. The van der Waals surface area contributed by atoms with E-state index in [2.05, 4.69) is 0 Å². The zero-order valence-corrected chi connectivity index (χ0v) is 10.5. The second kappa shape index (κ2) is 5.33. The standard InChI is InChI=1S/C7H6F2O4S.Na/c8-4-2-1-3-5(9)6(4)7(10)14(11,12)13;/h1-3,7,10H,(H,11,12,13);/q;+1/p-1. The molecule has 0 amide bonds. The van der Waals surface area contributed by atoms with Crippen LogP contribution in [0.4, 0.5) is 8.78 Å². The first-order valence-electron chi connectivity index (χ1n) is 3.40. The molecule has 0 saturated heterocycles. The predicted octanol–water partition coefficient (Wildman–Crippen LogP) is -2.50. The summed E-state index contributed by atoms with van der Waals surface area (Å²) in [6, 6.07) is 2.47. The fourth-order valence-electron chi connectivity index (χ4n) is 0.891. The second-order valence-corrected chi connectivity index (χ2v) is 3.91. The Balaban J connectivity index is 0.00000196. The first-order valence-corrected chi connectivity index (χ1v) is 4.88. The first kappa shape index (κ1) is 14.9. The summed E-state index contributed by atoms with van der Waals surface area (Å²) in [4.78, 5) is 0. The Labute approximate surface area is 107 Å². The summed E-state index contributed by atoms with van der Waals surface area (Å²) in [5.74, 6) is -2.56. The predicted molar refractivity (Wildman–Crippen MR) is 41.0 cm³/mol. The van der Waals surface area contributed by atoms with E-state index in [1.54, 1.807) is 0 Å². The minimum Gasteiger partial charge on any atom is -0.746 e. The fourth-order valence-corrected chi connectivity index (χ4v) is 1.40. The maximum absolute atomic E-state index is 12.8. The quantitative estimate of drug-likeness (QED) is 0.462. The van der Waals surface area contributed by atoms with Crippen molar-refractivity contribution in [2.75, 3.05) is 0 Å². The van der Waals surface area contributed by atoms with Gasteiger partial charge in [-0.1, -0.05) is 6.07 Å². The van der Waals surface area contributed by atoms with Crippen LogP contribution in [0.2, 0.25) is 0 Å². The molecule has 1 aromatic carbocycles. The number of benzene rings is 1. The smallest absolute Gasteiger partial charge is 0.746 e. The van der Waals surface area contributed by atoms with Crippen LogP contribution in [0.1, 0.15) is 11.0 Å². The van der Waals surface area contributed by atoms with Crippen molar-refractivity contribution in [2.45, 2.75) is 5.44 Å². The minimum absolute atomic E-state index is 0. The monoisotopic (exact) mass is 246 g/mol. The van der Waals surface area contributed by atoms with Crippen LogP contribution in [0, 0.1) is 11.6 Å². The summed E-state index contributed by atoms with van der Waals surface area (Å²) in [6.07, 6.45) is 0. The van der Waals surface area contributed by atoms with Gasteiger partial charge in [-0.05, 0) is 12.1 Å². The van der Waals surface area contributed by atoms with Crippen molar-refractivity contribution >= 4 is 10.1 Å². The van der Waals surface area contributed by atoms with Gasteiger partial charge in [0, 0.05) is 0 Å². The average Bonchev–Trinajstić information content (AvgIpc) is 2.01. The topological polar surface area (TPSA) is 77.4 Å². The van der Waals surface area contributed by atoms with Gasteiger partial charge in [0.2, 0.25) is 0 Å². The zero-order chi connectivity index (χ0) is 10.9. The van der Waals surface area contributed by atoms with Gasteiger partial charge in [-0.3, -0.25) is 0 Å². The molecule has 1 unspecified atom stereocenters. The van der Waals surface area contributed by atoms with Crippen molar-refractivity contribution in [3.63, 3.8) is 0 Å². The summed E-state index contributed by atoms with van der Waals surface area (Å²) in [6.45, 7) is 0. The third kappa shape index (κ3) is 3.47. The number of hydrogen-bond acceptors (Lipinski definition) is 4. The molecule has 1 atom stereocenters. The Morgan fingerprint density at radius 2 is 1.67 bits per heavy atom. The number of hydrogen-bond donors (Lipinski definition) is 1. The van der Waals surface area contributed by atoms with E-state index in [-0.39, 0.29) is 29.6 Å². The summed E-state index contributed by atoms with van der Waals surface area (Å²) in [5.41, 5.74) is -3.87. The molecule has 0 aromatic heterocycles. The normalized spacial score (nSPS) is 13.1. The molecule has 0 saturated carbocycles. The van der Waals surface area contributed by atoms with Crippen molar-refractivity contribution < 1.29 is 56.4 Å². The van der Waals surface area contributed by atoms with Crippen molar-refractivity contribution in [3.8, 4) is 0 Å². The van der Waals surface area contributed by atoms with Crippen LogP contribution in [0.25, 0.3) is 0 Å². The van der Waals surface area contributed by atoms with Crippen LogP contribution in [0.3, 0.4) is 0 Å². The van der Waals surface area contributed by atoms with E-state index in [1.807, 2.05) is 0 Å². The van der Waals surface area contributed by atoms with Crippen LogP contribution in [0.5, 0.6) is 0 Å². The number of halogens is 2. The Hall–Kier alpha value is -0.0500. The molecular formula is C7H5F2NaO4S. The molecule has 0 bridgehead atoms. The number of aliphatic hydroxyl groups excluding tert-OH is 1. The van der Waals surface area contributed by atoms with Crippen molar-refractivity contribution in [1.29, 1.82) is 0 Å². The van der Waals surface area contributed by atoms with E-state index in [0.29, 0.717) is 0 Å². The Morgan fingerprint density at radius 3 is 2.00 bits per heavy atom. The summed E-state index contributed by atoms with van der Waals surface area (Å²) >= 11 is 0. The van der Waals surface area contributed by atoms with Gasteiger partial charge in [0.05, 0.1) is 5.56 Å². The summed E-state index contributed by atoms with van der Waals surface area (Å²) in [5, 5.41) is 8.84. The molecule has 8 heteroatoms. The van der Waals surface area contributed by atoms with Crippen molar-refractivity contribution in [3.05, 3.63) is 35.4 Å². The number of rotatable bonds is 2. The molecule has 0 heterocycles. The summed E-state index contributed by atoms with van der Waals surface area (Å²) < 4.78 is 56.5. The van der Waals surface area contributed by atoms with Gasteiger partial charge >= 0.3 is 29.6 Å². The molecule has 0 spiro atoms. The van der Waals surface area contributed by atoms with Gasteiger partial charge in [0.25, 0.3) is 0 Å². The molecule has 0 fully saturated rings. The van der Waals surface area contributed by atoms with Crippen LogP contribution in [-0.2, 0) is 10.1 Å². The van der Waals surface area contributed by atoms with Gasteiger partial charge in [-0.25, -0.2) is 17.2 Å². The molecule has 0 radical (unpaired) electrons. The molecule has 1 aromatic rings. The van der Waals surface area contributed by atoms with E-state index in [0.717, 1.165) is 18.2 Å². The molecule has 0 aliphatic carbocycles. The SMILES string of the molecule is O=S(=O)([O-])C(O)c1c(F)cccc1F.[Na+]. The maximum Gasteiger partial charge on any atom is 1.00 e. The van der Waals surface area contributed by atoms with Gasteiger partial charge in [0.15, 0.2) is 5.44 Å². The van der Waals surface area contributed by atoms with E-state index < -0.39 is 32.8 Å². The van der Waals surface area contributed by atoms with Gasteiger partial charge in [0.1, 0.15) is 21.8 Å². The molecule has 0 aliphatic rings. The van der Waals surface area contributed by atoms with Crippen molar-refractivity contribution in [2.24, 2.45) is 0 Å². The van der Waals surface area contributed by atoms with Crippen LogP contribution in [0.15, 0.2) is 18.2 Å². The zero-order valence-electron chi connectivity index (χ0n) is 7.65. The Morgan fingerprint density at radius 1 is 1.27 bits per heavy atom. The van der Waals surface area contributed by atoms with Gasteiger partial charge < -0.3 is 9.66 Å². The Kier molecular flexibility index (Phi) is 5.31. The molecule has 4 nitrogen and oxygen atoms in total. The molecule has 1 N–H and O–H groups in total. The van der Waals surface area contributed by atoms with Crippen LogP contribution < -0.4 is 29.6 Å². The molecular weight excluding hydrogens is 241 g/mol. The van der Waals surface area contributed by atoms with E-state index in [9.17, 15) is 21.8 Å². The molecule has 1 rings (SSSR count). The first-order chi connectivity index (χ1) is 6.34. The summed E-state index contributed by atoms with van der Waals surface area (Å²) in [7, 11) is -5.18. The number of aliphatic hydroxyl groups is 1. The van der Waals surface area contributed by atoms with E-state index in [4.69, 9.17) is 5.11 Å². The third-order valence-electron chi connectivity index (χ3n) is 1.52. The van der Waals surface area contributed by atoms with Gasteiger partial charge in [-0.15, -0.1) is 0 Å². The van der Waals surface area contributed by atoms with Crippen LogP contribution in [-0.4, -0.2) is 18.1 Å². The van der Waals surface area contributed by atoms with Gasteiger partial charge in [-0.2, -0.15) is 0 Å².